The molecule has 1 atom stereocenters. The van der Waals surface area contributed by atoms with Crippen LogP contribution in [-0.2, 0) is 0 Å². The average Bonchev–Trinajstić information content (AvgIpc) is 2.32. The van der Waals surface area contributed by atoms with Gasteiger partial charge in [0.25, 0.3) is 0 Å². The Kier molecular flexibility index (Phi) is 9.79. The highest BCUT2D eigenvalue weighted by Crippen LogP contribution is 2.06. The van der Waals surface area contributed by atoms with E-state index in [0.29, 0.717) is 6.04 Å². The van der Waals surface area contributed by atoms with E-state index in [4.69, 9.17) is 0 Å². The van der Waals surface area contributed by atoms with E-state index < -0.39 is 0 Å². The van der Waals surface area contributed by atoms with Crippen molar-refractivity contribution < 1.29 is 0 Å². The first kappa shape index (κ1) is 16.9. The van der Waals surface area contributed by atoms with E-state index in [1.54, 1.807) is 0 Å². The summed E-state index contributed by atoms with van der Waals surface area (Å²) in [6, 6.07) is 0.666. The molecule has 0 heterocycles. The summed E-state index contributed by atoms with van der Waals surface area (Å²) >= 11 is 0. The number of nitrogens with zero attached hydrogens (tertiary/aromatic N) is 2. The predicted octanol–water partition coefficient (Wildman–Crippen LogP) is 1.89. The van der Waals surface area contributed by atoms with Crippen LogP contribution in [0.5, 0.6) is 0 Å². The Bertz CT molecular complexity index is 167. The molecule has 0 aliphatic heterocycles. The molecule has 0 spiro atoms. The van der Waals surface area contributed by atoms with Gasteiger partial charge in [0, 0.05) is 32.2 Å². The third kappa shape index (κ3) is 7.74. The largest absolute Gasteiger partial charge is 0.314 e. The molecule has 3 heteroatoms. The summed E-state index contributed by atoms with van der Waals surface area (Å²) in [6.07, 6.45) is 0. The summed E-state index contributed by atoms with van der Waals surface area (Å²) in [4.78, 5) is 4.89. The van der Waals surface area contributed by atoms with E-state index in [2.05, 4.69) is 56.8 Å². The molecule has 0 bridgehead atoms. The second-order valence-electron chi connectivity index (χ2n) is 5.24. The zero-order chi connectivity index (χ0) is 13.3. The van der Waals surface area contributed by atoms with Crippen LogP contribution in [0.25, 0.3) is 0 Å². The van der Waals surface area contributed by atoms with E-state index in [9.17, 15) is 0 Å². The predicted molar refractivity (Wildman–Crippen MR) is 77.6 cm³/mol. The maximum atomic E-state index is 3.53. The van der Waals surface area contributed by atoms with Crippen LogP contribution in [0.2, 0.25) is 0 Å². The summed E-state index contributed by atoms with van der Waals surface area (Å²) in [5, 5.41) is 3.53. The van der Waals surface area contributed by atoms with Gasteiger partial charge >= 0.3 is 0 Å². The summed E-state index contributed by atoms with van der Waals surface area (Å²) in [5.41, 5.74) is 0. The van der Waals surface area contributed by atoms with E-state index in [0.717, 1.165) is 45.2 Å². The van der Waals surface area contributed by atoms with E-state index in [1.807, 2.05) is 0 Å². The second kappa shape index (κ2) is 9.86. The molecule has 0 amide bonds. The first-order valence-electron chi connectivity index (χ1n) is 7.16. The van der Waals surface area contributed by atoms with E-state index >= 15 is 0 Å². The minimum atomic E-state index is 0.666. The minimum Gasteiger partial charge on any atom is -0.314 e. The molecular formula is C14H33N3. The molecule has 1 unspecified atom stereocenters. The maximum Gasteiger partial charge on any atom is 0.0107 e. The molecular weight excluding hydrogens is 210 g/mol. The zero-order valence-electron chi connectivity index (χ0n) is 12.8. The van der Waals surface area contributed by atoms with Crippen LogP contribution in [0.4, 0.5) is 0 Å². The SMILES string of the molecule is CCN(CC)CCNCCN(C)C(C)C(C)C. The normalized spacial score (nSPS) is 13.9. The molecule has 0 aliphatic carbocycles. The number of likely N-dealkylation sites (N-methyl/N-ethyl adjacent to an activating group) is 2. The standard InChI is InChI=1S/C14H33N3/c1-7-17(8-2)12-10-15-9-11-16(6)14(5)13(3)4/h13-15H,7-12H2,1-6H3. The van der Waals surface area contributed by atoms with Crippen LogP contribution in [0.3, 0.4) is 0 Å². The zero-order valence-corrected chi connectivity index (χ0v) is 12.8. The van der Waals surface area contributed by atoms with Crippen LogP contribution >= 0.6 is 0 Å². The maximum absolute atomic E-state index is 3.53. The Balaban J connectivity index is 3.51. The Hall–Kier alpha value is -0.120. The van der Waals surface area contributed by atoms with Gasteiger partial charge in [0.1, 0.15) is 0 Å². The highest BCUT2D eigenvalue weighted by Gasteiger charge is 2.11. The lowest BCUT2D eigenvalue weighted by molar-refractivity contribution is 0.207. The number of hydrogen-bond donors (Lipinski definition) is 1. The van der Waals surface area contributed by atoms with Crippen molar-refractivity contribution in [1.29, 1.82) is 0 Å². The first-order chi connectivity index (χ1) is 8.02. The van der Waals surface area contributed by atoms with Crippen LogP contribution < -0.4 is 5.32 Å². The van der Waals surface area contributed by atoms with Crippen molar-refractivity contribution in [2.24, 2.45) is 5.92 Å². The fourth-order valence-electron chi connectivity index (χ4n) is 1.87. The van der Waals surface area contributed by atoms with Gasteiger partial charge in [0.15, 0.2) is 0 Å². The Morgan fingerprint density at radius 2 is 1.47 bits per heavy atom. The van der Waals surface area contributed by atoms with Crippen molar-refractivity contribution in [2.45, 2.75) is 40.7 Å². The van der Waals surface area contributed by atoms with Gasteiger partial charge in [-0.05, 0) is 33.0 Å². The third-order valence-electron chi connectivity index (χ3n) is 3.80. The van der Waals surface area contributed by atoms with Crippen molar-refractivity contribution in [3.8, 4) is 0 Å². The lowest BCUT2D eigenvalue weighted by atomic mass is 10.1. The van der Waals surface area contributed by atoms with Crippen LogP contribution in [0.15, 0.2) is 0 Å². The van der Waals surface area contributed by atoms with Gasteiger partial charge in [-0.15, -0.1) is 0 Å². The fourth-order valence-corrected chi connectivity index (χ4v) is 1.87. The molecule has 3 nitrogen and oxygen atoms in total. The van der Waals surface area contributed by atoms with E-state index in [-0.39, 0.29) is 0 Å². The van der Waals surface area contributed by atoms with Crippen molar-refractivity contribution in [3.05, 3.63) is 0 Å². The van der Waals surface area contributed by atoms with Crippen molar-refractivity contribution in [3.63, 3.8) is 0 Å². The molecule has 0 saturated carbocycles. The lowest BCUT2D eigenvalue weighted by Gasteiger charge is -2.28. The molecule has 104 valence electrons. The van der Waals surface area contributed by atoms with Crippen molar-refractivity contribution in [1.82, 2.24) is 15.1 Å². The Morgan fingerprint density at radius 1 is 0.941 bits per heavy atom. The first-order valence-corrected chi connectivity index (χ1v) is 7.16. The molecule has 0 saturated heterocycles. The smallest absolute Gasteiger partial charge is 0.0107 e. The Labute approximate surface area is 109 Å². The molecule has 0 fully saturated rings. The van der Waals surface area contributed by atoms with Crippen LogP contribution in [0.1, 0.15) is 34.6 Å². The number of rotatable bonds is 10. The topological polar surface area (TPSA) is 18.5 Å². The van der Waals surface area contributed by atoms with Gasteiger partial charge in [0.2, 0.25) is 0 Å². The molecule has 0 radical (unpaired) electrons. The highest BCUT2D eigenvalue weighted by molar-refractivity contribution is 4.67. The molecule has 1 N–H and O–H groups in total. The number of hydrogen-bond acceptors (Lipinski definition) is 3. The van der Waals surface area contributed by atoms with E-state index in [1.165, 1.54) is 0 Å². The Morgan fingerprint density at radius 3 is 1.94 bits per heavy atom. The summed E-state index contributed by atoms with van der Waals surface area (Å²) in [6.45, 7) is 18.1. The lowest BCUT2D eigenvalue weighted by Crippen LogP contribution is -2.39. The molecule has 0 aliphatic rings. The molecule has 17 heavy (non-hydrogen) atoms. The number of nitrogens with one attached hydrogen (secondary N) is 1. The molecule has 0 rings (SSSR count). The monoisotopic (exact) mass is 243 g/mol. The summed E-state index contributed by atoms with van der Waals surface area (Å²) in [5.74, 6) is 0.732. The molecule has 0 aromatic rings. The fraction of sp³-hybridized carbons (Fsp3) is 1.00. The molecule has 0 aromatic heterocycles. The van der Waals surface area contributed by atoms with Gasteiger partial charge in [-0.1, -0.05) is 27.7 Å². The second-order valence-corrected chi connectivity index (χ2v) is 5.24. The van der Waals surface area contributed by atoms with Gasteiger partial charge < -0.3 is 15.1 Å². The van der Waals surface area contributed by atoms with Gasteiger partial charge in [-0.2, -0.15) is 0 Å². The van der Waals surface area contributed by atoms with Crippen LogP contribution in [0, 0.1) is 5.92 Å². The molecule has 0 aromatic carbocycles. The average molecular weight is 243 g/mol. The highest BCUT2D eigenvalue weighted by atomic mass is 15.2. The van der Waals surface area contributed by atoms with Gasteiger partial charge in [-0.25, -0.2) is 0 Å². The van der Waals surface area contributed by atoms with Crippen molar-refractivity contribution >= 4 is 0 Å². The van der Waals surface area contributed by atoms with Gasteiger partial charge in [0.05, 0.1) is 0 Å². The summed E-state index contributed by atoms with van der Waals surface area (Å²) < 4.78 is 0. The van der Waals surface area contributed by atoms with Gasteiger partial charge in [-0.3, -0.25) is 0 Å². The van der Waals surface area contributed by atoms with Crippen molar-refractivity contribution in [2.75, 3.05) is 46.3 Å². The summed E-state index contributed by atoms with van der Waals surface area (Å²) in [7, 11) is 2.22. The van der Waals surface area contributed by atoms with Crippen LogP contribution in [-0.4, -0.2) is 62.2 Å². The third-order valence-corrected chi connectivity index (χ3v) is 3.80. The quantitative estimate of drug-likeness (QED) is 0.591. The minimum absolute atomic E-state index is 0.666.